The zero-order valence-corrected chi connectivity index (χ0v) is 15.7. The van der Waals surface area contributed by atoms with Gasteiger partial charge in [0.1, 0.15) is 17.6 Å². The molecule has 1 aliphatic rings. The van der Waals surface area contributed by atoms with Crippen molar-refractivity contribution in [3.05, 3.63) is 35.0 Å². The summed E-state index contributed by atoms with van der Waals surface area (Å²) in [6.07, 6.45) is 4.12. The molecule has 0 radical (unpaired) electrons. The number of sulfone groups is 1. The Hall–Kier alpha value is -2.20. The summed E-state index contributed by atoms with van der Waals surface area (Å²) in [6.45, 7) is 3.15. The average Bonchev–Trinajstić information content (AvgIpc) is 3.08. The van der Waals surface area contributed by atoms with Gasteiger partial charge in [-0.2, -0.15) is 5.26 Å². The van der Waals surface area contributed by atoms with Crippen molar-refractivity contribution in [3.63, 3.8) is 0 Å². The van der Waals surface area contributed by atoms with E-state index < -0.39 is 15.1 Å². The van der Waals surface area contributed by atoms with Crippen molar-refractivity contribution < 1.29 is 13.2 Å². The van der Waals surface area contributed by atoms with Crippen molar-refractivity contribution in [2.75, 3.05) is 12.4 Å². The lowest BCUT2D eigenvalue weighted by atomic mass is 10.2. The third kappa shape index (κ3) is 4.67. The van der Waals surface area contributed by atoms with Crippen LogP contribution in [0.15, 0.2) is 35.0 Å². The van der Waals surface area contributed by atoms with Crippen LogP contribution < -0.4 is 15.4 Å². The van der Waals surface area contributed by atoms with E-state index in [1.165, 1.54) is 0 Å². The number of ether oxygens (including phenoxy) is 1. The molecule has 0 unspecified atom stereocenters. The minimum atomic E-state index is -3.70. The van der Waals surface area contributed by atoms with E-state index in [9.17, 15) is 13.7 Å². The van der Waals surface area contributed by atoms with Crippen molar-refractivity contribution >= 4 is 15.5 Å². The normalized spacial score (nSPS) is 16.3. The van der Waals surface area contributed by atoms with Gasteiger partial charge in [-0.25, -0.2) is 8.42 Å². The molecule has 6 nitrogen and oxygen atoms in total. The largest absolute Gasteiger partial charge is 0.497 e. The summed E-state index contributed by atoms with van der Waals surface area (Å²) in [7, 11) is -2.14. The summed E-state index contributed by atoms with van der Waals surface area (Å²) in [6, 6.07) is 9.21. The first-order valence-corrected chi connectivity index (χ1v) is 9.99. The highest BCUT2D eigenvalue weighted by Crippen LogP contribution is 2.24. The topological polar surface area (TPSA) is 91.2 Å². The summed E-state index contributed by atoms with van der Waals surface area (Å²) >= 11 is 0. The Morgan fingerprint density at radius 3 is 2.56 bits per heavy atom. The summed E-state index contributed by atoms with van der Waals surface area (Å²) in [5.74, 6) is 0.895. The molecule has 0 saturated heterocycles. The molecule has 0 spiro atoms. The molecule has 0 aromatic heterocycles. The van der Waals surface area contributed by atoms with E-state index in [-0.39, 0.29) is 16.8 Å². The molecule has 1 fully saturated rings. The fourth-order valence-electron chi connectivity index (χ4n) is 2.78. The molecular weight excluding hydrogens is 338 g/mol. The van der Waals surface area contributed by atoms with Gasteiger partial charge in [0.25, 0.3) is 0 Å². The molecule has 0 heterocycles. The molecule has 1 aromatic carbocycles. The van der Waals surface area contributed by atoms with E-state index in [1.54, 1.807) is 45.2 Å². The van der Waals surface area contributed by atoms with Crippen molar-refractivity contribution in [1.29, 1.82) is 5.26 Å². The maximum Gasteiger partial charge on any atom is 0.194 e. The number of allylic oxidation sites excluding steroid dienone is 1. The zero-order chi connectivity index (χ0) is 18.4. The second-order valence-corrected chi connectivity index (χ2v) is 8.83. The second-order valence-electron chi connectivity index (χ2n) is 6.39. The third-order valence-electron chi connectivity index (χ3n) is 4.28. The lowest BCUT2D eigenvalue weighted by Gasteiger charge is -2.21. The summed E-state index contributed by atoms with van der Waals surface area (Å²) in [5, 5.41) is 15.2. The SMILES string of the molecule is COc1cccc(NC(NC2CCCC2)=C(C#N)S(=O)(=O)C(C)C)c1. The van der Waals surface area contributed by atoms with Crippen molar-refractivity contribution in [1.82, 2.24) is 5.32 Å². The van der Waals surface area contributed by atoms with Gasteiger partial charge in [-0.3, -0.25) is 0 Å². The number of benzene rings is 1. The number of nitrogens with one attached hydrogen (secondary N) is 2. The lowest BCUT2D eigenvalue weighted by molar-refractivity contribution is 0.415. The highest BCUT2D eigenvalue weighted by atomic mass is 32.2. The molecule has 2 N–H and O–H groups in total. The van der Waals surface area contributed by atoms with Crippen molar-refractivity contribution in [3.8, 4) is 11.8 Å². The number of hydrogen-bond acceptors (Lipinski definition) is 6. The van der Waals surface area contributed by atoms with Crippen LogP contribution in [-0.2, 0) is 9.84 Å². The van der Waals surface area contributed by atoms with Gasteiger partial charge in [0.15, 0.2) is 14.7 Å². The maximum atomic E-state index is 12.6. The van der Waals surface area contributed by atoms with Crippen molar-refractivity contribution in [2.45, 2.75) is 50.8 Å². The summed E-state index contributed by atoms with van der Waals surface area (Å²) in [5.41, 5.74) is 0.659. The Bertz CT molecular complexity index is 773. The minimum Gasteiger partial charge on any atom is -0.497 e. The number of rotatable bonds is 7. The van der Waals surface area contributed by atoms with E-state index in [2.05, 4.69) is 10.6 Å². The van der Waals surface area contributed by atoms with E-state index >= 15 is 0 Å². The van der Waals surface area contributed by atoms with Crippen LogP contribution in [0.4, 0.5) is 5.69 Å². The molecular formula is C18H25N3O3S. The van der Waals surface area contributed by atoms with Crippen LogP contribution in [0.25, 0.3) is 0 Å². The Balaban J connectivity index is 2.44. The number of anilines is 1. The highest BCUT2D eigenvalue weighted by Gasteiger charge is 2.28. The molecule has 7 heteroatoms. The lowest BCUT2D eigenvalue weighted by Crippen LogP contribution is -2.32. The molecule has 2 rings (SSSR count). The molecule has 0 atom stereocenters. The van der Waals surface area contributed by atoms with Crippen LogP contribution in [0.5, 0.6) is 5.75 Å². The fourth-order valence-corrected chi connectivity index (χ4v) is 3.77. The van der Waals surface area contributed by atoms with Crippen LogP contribution in [0.1, 0.15) is 39.5 Å². The van der Waals surface area contributed by atoms with E-state index in [1.807, 2.05) is 6.07 Å². The Kier molecular flexibility index (Phi) is 6.32. The predicted octanol–water partition coefficient (Wildman–Crippen LogP) is 3.16. The predicted molar refractivity (Wildman–Crippen MR) is 98.7 cm³/mol. The molecule has 0 amide bonds. The van der Waals surface area contributed by atoms with Gasteiger partial charge in [-0.1, -0.05) is 18.9 Å². The molecule has 1 aliphatic carbocycles. The first kappa shape index (κ1) is 19.1. The number of nitriles is 1. The average molecular weight is 363 g/mol. The third-order valence-corrected chi connectivity index (χ3v) is 6.38. The maximum absolute atomic E-state index is 12.6. The Labute approximate surface area is 149 Å². The van der Waals surface area contributed by atoms with E-state index in [4.69, 9.17) is 4.74 Å². The highest BCUT2D eigenvalue weighted by molar-refractivity contribution is 7.96. The Morgan fingerprint density at radius 2 is 2.00 bits per heavy atom. The van der Waals surface area contributed by atoms with Crippen LogP contribution in [0, 0.1) is 11.3 Å². The smallest absolute Gasteiger partial charge is 0.194 e. The van der Waals surface area contributed by atoms with Crippen LogP contribution in [0.2, 0.25) is 0 Å². The minimum absolute atomic E-state index is 0.166. The van der Waals surface area contributed by atoms with Gasteiger partial charge < -0.3 is 15.4 Å². The quantitative estimate of drug-likeness (QED) is 0.723. The molecule has 1 aromatic rings. The number of hydrogen-bond donors (Lipinski definition) is 2. The Morgan fingerprint density at radius 1 is 1.32 bits per heavy atom. The monoisotopic (exact) mass is 363 g/mol. The number of nitrogens with zero attached hydrogens (tertiary/aromatic N) is 1. The fraction of sp³-hybridized carbons (Fsp3) is 0.500. The van der Waals surface area contributed by atoms with Gasteiger partial charge in [-0.05, 0) is 38.8 Å². The first-order chi connectivity index (χ1) is 11.9. The molecule has 0 bridgehead atoms. The first-order valence-electron chi connectivity index (χ1n) is 8.44. The van der Waals surface area contributed by atoms with E-state index in [0.717, 1.165) is 25.7 Å². The van der Waals surface area contributed by atoms with Gasteiger partial charge in [-0.15, -0.1) is 0 Å². The van der Waals surface area contributed by atoms with Crippen LogP contribution in [0.3, 0.4) is 0 Å². The van der Waals surface area contributed by atoms with Crippen molar-refractivity contribution in [2.24, 2.45) is 0 Å². The van der Waals surface area contributed by atoms with Crippen LogP contribution >= 0.6 is 0 Å². The van der Waals surface area contributed by atoms with Gasteiger partial charge in [0.05, 0.1) is 12.4 Å². The number of methoxy groups -OCH3 is 1. The second kappa shape index (κ2) is 8.26. The summed E-state index contributed by atoms with van der Waals surface area (Å²) in [4.78, 5) is -0.253. The molecule has 0 aliphatic heterocycles. The molecule has 25 heavy (non-hydrogen) atoms. The van der Waals surface area contributed by atoms with E-state index in [0.29, 0.717) is 11.4 Å². The standard InChI is InChI=1S/C18H25N3O3S/c1-13(2)25(22,23)17(12-19)18(20-14-7-4-5-8-14)21-15-9-6-10-16(11-15)24-3/h6,9-11,13-14,20-21H,4-5,7-8H2,1-3H3. The molecule has 1 saturated carbocycles. The summed E-state index contributed by atoms with van der Waals surface area (Å²) < 4.78 is 30.4. The van der Waals surface area contributed by atoms with Gasteiger partial charge >= 0.3 is 0 Å². The van der Waals surface area contributed by atoms with Gasteiger partial charge in [0.2, 0.25) is 0 Å². The van der Waals surface area contributed by atoms with Crippen LogP contribution in [-0.4, -0.2) is 26.8 Å². The molecule has 136 valence electrons. The van der Waals surface area contributed by atoms with Gasteiger partial charge in [0, 0.05) is 17.8 Å². The zero-order valence-electron chi connectivity index (χ0n) is 14.9.